The number of aromatic nitrogens is 2. The highest BCUT2D eigenvalue weighted by Crippen LogP contribution is 2.35. The van der Waals surface area contributed by atoms with E-state index >= 15 is 0 Å². The first-order valence-corrected chi connectivity index (χ1v) is 9.84. The van der Waals surface area contributed by atoms with E-state index in [-0.39, 0.29) is 12.5 Å². The van der Waals surface area contributed by atoms with Gasteiger partial charge >= 0.3 is 0 Å². The van der Waals surface area contributed by atoms with Gasteiger partial charge in [0.05, 0.1) is 16.3 Å². The molecule has 8 heteroatoms. The number of aliphatic hydroxyl groups is 1. The summed E-state index contributed by atoms with van der Waals surface area (Å²) < 4.78 is 0. The van der Waals surface area contributed by atoms with Crippen LogP contribution in [0.3, 0.4) is 0 Å². The third-order valence-electron chi connectivity index (χ3n) is 4.27. The van der Waals surface area contributed by atoms with Crippen molar-refractivity contribution in [3.05, 3.63) is 11.1 Å². The standard InChI is InChI=1S/C16H22N4O2S2/c1-9-14(24-16(17-9)18-10(2)22)13-8-23-15(20-13)19-12-6-4-3-5-11(12)7-21/h8,11-12,21H,3-7H2,1-2H3,(H,19,20)(H,17,18,22)/t11-,12+/m0/s1. The molecule has 2 aromatic heterocycles. The molecule has 1 aliphatic carbocycles. The number of nitrogens with zero attached hydrogens (tertiary/aromatic N) is 2. The van der Waals surface area contributed by atoms with Gasteiger partial charge < -0.3 is 15.7 Å². The molecule has 0 bridgehead atoms. The van der Waals surface area contributed by atoms with Crippen LogP contribution in [0.1, 0.15) is 38.3 Å². The van der Waals surface area contributed by atoms with Crippen LogP contribution in [-0.2, 0) is 4.79 Å². The molecule has 2 aromatic rings. The van der Waals surface area contributed by atoms with Crippen molar-refractivity contribution in [2.45, 2.75) is 45.6 Å². The Morgan fingerprint density at radius 1 is 1.33 bits per heavy atom. The molecule has 1 fully saturated rings. The number of rotatable bonds is 5. The van der Waals surface area contributed by atoms with Crippen molar-refractivity contribution >= 4 is 38.8 Å². The predicted octanol–water partition coefficient (Wildman–Crippen LogP) is 3.50. The van der Waals surface area contributed by atoms with E-state index in [1.54, 1.807) is 11.3 Å². The number of anilines is 2. The molecule has 3 rings (SSSR count). The summed E-state index contributed by atoms with van der Waals surface area (Å²) in [7, 11) is 0. The fourth-order valence-electron chi connectivity index (χ4n) is 3.06. The average Bonchev–Trinajstić information content (AvgIpc) is 3.14. The van der Waals surface area contributed by atoms with Crippen LogP contribution in [0.15, 0.2) is 5.38 Å². The molecule has 1 saturated carbocycles. The highest BCUT2D eigenvalue weighted by atomic mass is 32.1. The number of nitrogens with one attached hydrogen (secondary N) is 2. The normalized spacial score (nSPS) is 20.8. The number of hydrogen-bond donors (Lipinski definition) is 3. The van der Waals surface area contributed by atoms with Crippen LogP contribution >= 0.6 is 22.7 Å². The molecule has 130 valence electrons. The molecular weight excluding hydrogens is 344 g/mol. The summed E-state index contributed by atoms with van der Waals surface area (Å²) in [5.41, 5.74) is 1.75. The third kappa shape index (κ3) is 3.93. The summed E-state index contributed by atoms with van der Waals surface area (Å²) in [6.45, 7) is 3.62. The van der Waals surface area contributed by atoms with Crippen LogP contribution in [-0.4, -0.2) is 33.6 Å². The van der Waals surface area contributed by atoms with Crippen molar-refractivity contribution < 1.29 is 9.90 Å². The smallest absolute Gasteiger partial charge is 0.223 e. The zero-order valence-corrected chi connectivity index (χ0v) is 15.5. The number of aliphatic hydroxyl groups excluding tert-OH is 1. The second-order valence-corrected chi connectivity index (χ2v) is 7.99. The lowest BCUT2D eigenvalue weighted by atomic mass is 9.85. The van der Waals surface area contributed by atoms with Crippen molar-refractivity contribution in [1.29, 1.82) is 0 Å². The van der Waals surface area contributed by atoms with Crippen LogP contribution < -0.4 is 10.6 Å². The molecule has 3 N–H and O–H groups in total. The molecular formula is C16H22N4O2S2. The molecule has 0 spiro atoms. The van der Waals surface area contributed by atoms with E-state index in [4.69, 9.17) is 0 Å². The van der Waals surface area contributed by atoms with Crippen molar-refractivity contribution in [3.8, 4) is 10.6 Å². The summed E-state index contributed by atoms with van der Waals surface area (Å²) in [6.07, 6.45) is 4.53. The topological polar surface area (TPSA) is 87.1 Å². The van der Waals surface area contributed by atoms with Gasteiger partial charge in [-0.05, 0) is 19.8 Å². The van der Waals surface area contributed by atoms with Gasteiger partial charge in [0.25, 0.3) is 0 Å². The Morgan fingerprint density at radius 3 is 2.88 bits per heavy atom. The van der Waals surface area contributed by atoms with E-state index in [2.05, 4.69) is 20.6 Å². The van der Waals surface area contributed by atoms with E-state index in [0.29, 0.717) is 17.1 Å². The maximum Gasteiger partial charge on any atom is 0.223 e. The number of hydrogen-bond acceptors (Lipinski definition) is 7. The van der Waals surface area contributed by atoms with Gasteiger partial charge in [-0.25, -0.2) is 9.97 Å². The van der Waals surface area contributed by atoms with Crippen molar-refractivity contribution in [3.63, 3.8) is 0 Å². The summed E-state index contributed by atoms with van der Waals surface area (Å²) in [4.78, 5) is 21.2. The van der Waals surface area contributed by atoms with E-state index < -0.39 is 0 Å². The SMILES string of the molecule is CC(=O)Nc1nc(C)c(-c2csc(N[C@@H]3CCCC[C@H]3CO)n2)s1. The van der Waals surface area contributed by atoms with Crippen LogP contribution in [0.2, 0.25) is 0 Å². The first-order valence-electron chi connectivity index (χ1n) is 8.15. The van der Waals surface area contributed by atoms with Gasteiger partial charge in [0.2, 0.25) is 5.91 Å². The van der Waals surface area contributed by atoms with E-state index in [1.807, 2.05) is 12.3 Å². The van der Waals surface area contributed by atoms with Gasteiger partial charge in [0.15, 0.2) is 10.3 Å². The Kier molecular flexibility index (Phi) is 5.47. The Bertz CT molecular complexity index is 713. The Hall–Kier alpha value is -1.51. The van der Waals surface area contributed by atoms with E-state index in [0.717, 1.165) is 34.2 Å². The maximum atomic E-state index is 11.2. The Labute approximate surface area is 149 Å². The number of carbonyl (C=O) groups is 1. The van der Waals surface area contributed by atoms with E-state index in [1.165, 1.54) is 31.1 Å². The molecule has 0 unspecified atom stereocenters. The lowest BCUT2D eigenvalue weighted by Gasteiger charge is -2.30. The fraction of sp³-hybridized carbons (Fsp3) is 0.562. The van der Waals surface area contributed by atoms with Crippen LogP contribution in [0.25, 0.3) is 10.6 Å². The molecule has 0 aliphatic heterocycles. The van der Waals surface area contributed by atoms with Crippen LogP contribution in [0.5, 0.6) is 0 Å². The number of thiazole rings is 2. The van der Waals surface area contributed by atoms with Gasteiger partial charge in [-0.2, -0.15) is 0 Å². The molecule has 2 atom stereocenters. The van der Waals surface area contributed by atoms with E-state index in [9.17, 15) is 9.90 Å². The quantitative estimate of drug-likeness (QED) is 0.754. The molecule has 1 aliphatic rings. The molecule has 0 radical (unpaired) electrons. The molecule has 0 aromatic carbocycles. The van der Waals surface area contributed by atoms with Gasteiger partial charge in [-0.3, -0.25) is 4.79 Å². The number of amides is 1. The minimum absolute atomic E-state index is 0.122. The molecule has 2 heterocycles. The lowest BCUT2D eigenvalue weighted by Crippen LogP contribution is -2.34. The minimum Gasteiger partial charge on any atom is -0.396 e. The largest absolute Gasteiger partial charge is 0.396 e. The third-order valence-corrected chi connectivity index (χ3v) is 6.14. The van der Waals surface area contributed by atoms with Gasteiger partial charge in [0, 0.05) is 30.9 Å². The molecule has 1 amide bonds. The zero-order chi connectivity index (χ0) is 17.1. The second kappa shape index (κ2) is 7.58. The minimum atomic E-state index is -0.122. The van der Waals surface area contributed by atoms with Crippen molar-refractivity contribution in [2.75, 3.05) is 17.2 Å². The fourth-order valence-corrected chi connectivity index (χ4v) is 4.87. The highest BCUT2D eigenvalue weighted by molar-refractivity contribution is 7.19. The first-order chi connectivity index (χ1) is 11.6. The first kappa shape index (κ1) is 17.3. The van der Waals surface area contributed by atoms with Gasteiger partial charge in [0.1, 0.15) is 0 Å². The number of aryl methyl sites for hydroxylation is 1. The van der Waals surface area contributed by atoms with Crippen molar-refractivity contribution in [2.24, 2.45) is 5.92 Å². The second-order valence-electron chi connectivity index (χ2n) is 6.13. The van der Waals surface area contributed by atoms with Gasteiger partial charge in [-0.1, -0.05) is 24.2 Å². The van der Waals surface area contributed by atoms with Crippen molar-refractivity contribution in [1.82, 2.24) is 9.97 Å². The molecule has 6 nitrogen and oxygen atoms in total. The summed E-state index contributed by atoms with van der Waals surface area (Å²) >= 11 is 3.01. The molecule has 24 heavy (non-hydrogen) atoms. The summed E-state index contributed by atoms with van der Waals surface area (Å²) in [5.74, 6) is 0.186. The summed E-state index contributed by atoms with van der Waals surface area (Å²) in [5, 5.41) is 19.2. The van der Waals surface area contributed by atoms with Gasteiger partial charge in [-0.15, -0.1) is 11.3 Å². The lowest BCUT2D eigenvalue weighted by molar-refractivity contribution is -0.114. The Balaban J connectivity index is 1.73. The zero-order valence-electron chi connectivity index (χ0n) is 13.8. The van der Waals surface area contributed by atoms with Crippen LogP contribution in [0, 0.1) is 12.8 Å². The van der Waals surface area contributed by atoms with Crippen LogP contribution in [0.4, 0.5) is 10.3 Å². The predicted molar refractivity (Wildman–Crippen MR) is 98.7 cm³/mol. The highest BCUT2D eigenvalue weighted by Gasteiger charge is 2.25. The molecule has 0 saturated heterocycles. The number of carbonyl (C=O) groups excluding carboxylic acids is 1. The average molecular weight is 367 g/mol. The Morgan fingerprint density at radius 2 is 2.12 bits per heavy atom. The monoisotopic (exact) mass is 366 g/mol. The maximum absolute atomic E-state index is 11.2. The summed E-state index contributed by atoms with van der Waals surface area (Å²) in [6, 6.07) is 0.292.